The molecule has 0 radical (unpaired) electrons. The van der Waals surface area contributed by atoms with Crippen molar-refractivity contribution in [3.63, 3.8) is 0 Å². The van der Waals surface area contributed by atoms with Crippen LogP contribution in [0.15, 0.2) is 24.5 Å². The zero-order valence-electron chi connectivity index (χ0n) is 20.3. The number of benzene rings is 1. The molecule has 0 bridgehead atoms. The van der Waals surface area contributed by atoms with Crippen molar-refractivity contribution in [1.29, 1.82) is 0 Å². The first kappa shape index (κ1) is 23.9. The molecule has 1 fully saturated rings. The average Bonchev–Trinajstić information content (AvgIpc) is 3.13. The summed E-state index contributed by atoms with van der Waals surface area (Å²) in [7, 11) is 0. The number of aromatic nitrogens is 2. The quantitative estimate of drug-likeness (QED) is 0.539. The molecular weight excluding hydrogens is 450 g/mol. The highest BCUT2D eigenvalue weighted by atomic mass is 32.1. The van der Waals surface area contributed by atoms with Crippen LogP contribution < -0.4 is 20.5 Å². The van der Waals surface area contributed by atoms with Gasteiger partial charge < -0.3 is 9.64 Å². The Kier molecular flexibility index (Phi) is 7.02. The molecule has 2 N–H and O–H groups in total. The Morgan fingerprint density at radius 2 is 1.82 bits per heavy atom. The number of anilines is 1. The third-order valence-electron chi connectivity index (χ3n) is 6.65. The summed E-state index contributed by atoms with van der Waals surface area (Å²) in [5.74, 6) is 0.864. The smallest absolute Gasteiger partial charge is 0.279 e. The molecule has 1 atom stereocenters. The third-order valence-corrected chi connectivity index (χ3v) is 7.76. The second-order valence-electron chi connectivity index (χ2n) is 8.86. The number of carbonyl (C=O) groups is 2. The zero-order chi connectivity index (χ0) is 24.4. The summed E-state index contributed by atoms with van der Waals surface area (Å²) in [5.41, 5.74) is 8.40. The van der Waals surface area contributed by atoms with E-state index in [-0.39, 0.29) is 11.8 Å². The summed E-state index contributed by atoms with van der Waals surface area (Å²) in [6, 6.07) is 5.72. The number of nitrogens with zero attached hydrogens (tertiary/aromatic N) is 3. The number of nitrogens with one attached hydrogen (secondary N) is 2. The van der Waals surface area contributed by atoms with E-state index in [9.17, 15) is 9.59 Å². The Bertz CT molecular complexity index is 1220. The minimum atomic E-state index is -0.736. The maximum absolute atomic E-state index is 12.7. The van der Waals surface area contributed by atoms with E-state index in [0.29, 0.717) is 18.6 Å². The van der Waals surface area contributed by atoms with Crippen molar-refractivity contribution in [2.75, 3.05) is 18.0 Å². The molecule has 0 spiro atoms. The van der Waals surface area contributed by atoms with Crippen LogP contribution in [0.5, 0.6) is 5.75 Å². The number of ether oxygens (including phenoxy) is 1. The van der Waals surface area contributed by atoms with E-state index in [0.717, 1.165) is 40.3 Å². The lowest BCUT2D eigenvalue weighted by molar-refractivity contribution is -0.134. The highest BCUT2D eigenvalue weighted by Gasteiger charge is 2.28. The molecule has 2 amide bonds. The molecule has 0 aliphatic carbocycles. The summed E-state index contributed by atoms with van der Waals surface area (Å²) in [6.07, 6.45) is 2.25. The van der Waals surface area contributed by atoms with Gasteiger partial charge in [-0.1, -0.05) is 12.1 Å². The zero-order valence-corrected chi connectivity index (χ0v) is 21.1. The molecule has 1 aliphatic rings. The summed E-state index contributed by atoms with van der Waals surface area (Å²) in [5, 5.41) is 1.11. The van der Waals surface area contributed by atoms with Gasteiger partial charge in [0.1, 0.15) is 22.7 Å². The van der Waals surface area contributed by atoms with Crippen LogP contribution in [0.25, 0.3) is 10.2 Å². The van der Waals surface area contributed by atoms with Crippen molar-refractivity contribution in [3.05, 3.63) is 46.1 Å². The van der Waals surface area contributed by atoms with E-state index in [4.69, 9.17) is 4.74 Å². The SMILES string of the molecule is Cc1cccc(OC(C)C(=O)NNC(=O)C2CCN(c3ncnc4sc(C)c(C)c34)CC2)c1C. The molecule has 0 saturated carbocycles. The van der Waals surface area contributed by atoms with Crippen molar-refractivity contribution in [1.82, 2.24) is 20.8 Å². The molecule has 1 aromatic carbocycles. The number of aryl methyl sites for hydroxylation is 3. The lowest BCUT2D eigenvalue weighted by atomic mass is 9.96. The van der Waals surface area contributed by atoms with E-state index < -0.39 is 12.0 Å². The molecule has 1 saturated heterocycles. The van der Waals surface area contributed by atoms with E-state index >= 15 is 0 Å². The number of hydrazine groups is 1. The third kappa shape index (κ3) is 4.84. The molecule has 1 aliphatic heterocycles. The second-order valence-corrected chi connectivity index (χ2v) is 10.1. The molecule has 34 heavy (non-hydrogen) atoms. The monoisotopic (exact) mass is 481 g/mol. The van der Waals surface area contributed by atoms with Gasteiger partial charge in [-0.3, -0.25) is 20.4 Å². The maximum atomic E-state index is 12.7. The average molecular weight is 482 g/mol. The molecule has 9 heteroatoms. The maximum Gasteiger partial charge on any atom is 0.279 e. The Hall–Kier alpha value is -3.20. The molecule has 8 nitrogen and oxygen atoms in total. The summed E-state index contributed by atoms with van der Waals surface area (Å²) in [4.78, 5) is 38.6. The Morgan fingerprint density at radius 3 is 2.56 bits per heavy atom. The van der Waals surface area contributed by atoms with Gasteiger partial charge in [-0.15, -0.1) is 11.3 Å². The van der Waals surface area contributed by atoms with Crippen LogP contribution in [0.3, 0.4) is 0 Å². The largest absolute Gasteiger partial charge is 0.481 e. The van der Waals surface area contributed by atoms with Crippen molar-refractivity contribution < 1.29 is 14.3 Å². The van der Waals surface area contributed by atoms with Crippen molar-refractivity contribution in [2.45, 2.75) is 53.6 Å². The molecule has 3 aromatic rings. The Labute approximate surface area is 203 Å². The molecular formula is C25H31N5O3S. The lowest BCUT2D eigenvalue weighted by Crippen LogP contribution is -2.50. The first-order valence-electron chi connectivity index (χ1n) is 11.5. The normalized spacial score (nSPS) is 15.3. The van der Waals surface area contributed by atoms with Crippen LogP contribution in [0.2, 0.25) is 0 Å². The predicted octanol–water partition coefficient (Wildman–Crippen LogP) is 3.76. The van der Waals surface area contributed by atoms with Crippen molar-refractivity contribution in [2.24, 2.45) is 5.92 Å². The van der Waals surface area contributed by atoms with Gasteiger partial charge in [-0.05, 0) is 70.2 Å². The first-order chi connectivity index (χ1) is 16.3. The fraction of sp³-hybridized carbons (Fsp3) is 0.440. The van der Waals surface area contributed by atoms with Gasteiger partial charge in [0.05, 0.1) is 5.39 Å². The van der Waals surface area contributed by atoms with Crippen molar-refractivity contribution >= 4 is 39.2 Å². The van der Waals surface area contributed by atoms with Gasteiger partial charge in [-0.25, -0.2) is 9.97 Å². The Morgan fingerprint density at radius 1 is 1.09 bits per heavy atom. The fourth-order valence-electron chi connectivity index (χ4n) is 4.18. The highest BCUT2D eigenvalue weighted by molar-refractivity contribution is 7.18. The van der Waals surface area contributed by atoms with E-state index in [1.54, 1.807) is 24.6 Å². The number of hydrogen-bond donors (Lipinski definition) is 2. The van der Waals surface area contributed by atoms with Crippen LogP contribution >= 0.6 is 11.3 Å². The minimum Gasteiger partial charge on any atom is -0.481 e. The van der Waals surface area contributed by atoms with Crippen LogP contribution in [0, 0.1) is 33.6 Å². The number of rotatable bonds is 5. The minimum absolute atomic E-state index is 0.172. The van der Waals surface area contributed by atoms with E-state index in [1.807, 2.05) is 32.0 Å². The first-order valence-corrected chi connectivity index (χ1v) is 12.4. The van der Waals surface area contributed by atoms with Crippen LogP contribution in [0.4, 0.5) is 5.82 Å². The van der Waals surface area contributed by atoms with Gasteiger partial charge in [0.15, 0.2) is 6.10 Å². The fourth-order valence-corrected chi connectivity index (χ4v) is 5.17. The van der Waals surface area contributed by atoms with Gasteiger partial charge in [0.25, 0.3) is 5.91 Å². The number of hydrogen-bond acceptors (Lipinski definition) is 7. The van der Waals surface area contributed by atoms with Crippen LogP contribution in [-0.4, -0.2) is 41.0 Å². The van der Waals surface area contributed by atoms with Crippen molar-refractivity contribution in [3.8, 4) is 5.75 Å². The summed E-state index contributed by atoms with van der Waals surface area (Å²) >= 11 is 1.68. The second kappa shape index (κ2) is 9.97. The highest BCUT2D eigenvalue weighted by Crippen LogP contribution is 2.35. The topological polar surface area (TPSA) is 96.5 Å². The van der Waals surface area contributed by atoms with Gasteiger partial charge >= 0.3 is 0 Å². The predicted molar refractivity (Wildman–Crippen MR) is 134 cm³/mol. The number of piperidine rings is 1. The van der Waals surface area contributed by atoms with Gasteiger partial charge in [-0.2, -0.15) is 0 Å². The Balaban J connectivity index is 1.29. The summed E-state index contributed by atoms with van der Waals surface area (Å²) < 4.78 is 5.79. The molecule has 2 aromatic heterocycles. The number of carbonyl (C=O) groups excluding carboxylic acids is 2. The molecule has 180 valence electrons. The summed E-state index contributed by atoms with van der Waals surface area (Å²) in [6.45, 7) is 11.3. The van der Waals surface area contributed by atoms with E-state index in [2.05, 4.69) is 39.6 Å². The molecule has 4 rings (SSSR count). The number of amides is 2. The standard InChI is InChI=1S/C25H31N5O3S/c1-14-7-6-8-20(15(14)2)33-17(4)23(31)28-29-24(32)19-9-11-30(12-10-19)22-21-16(3)18(5)34-25(21)27-13-26-22/h6-8,13,17,19H,9-12H2,1-5H3,(H,28,31)(H,29,32). The number of fused-ring (bicyclic) bond motifs is 1. The van der Waals surface area contributed by atoms with Crippen LogP contribution in [-0.2, 0) is 9.59 Å². The van der Waals surface area contributed by atoms with Gasteiger partial charge in [0, 0.05) is 23.9 Å². The molecule has 3 heterocycles. The molecule has 1 unspecified atom stereocenters. The lowest BCUT2D eigenvalue weighted by Gasteiger charge is -2.32. The van der Waals surface area contributed by atoms with Crippen LogP contribution in [0.1, 0.15) is 41.3 Å². The van der Waals surface area contributed by atoms with E-state index in [1.165, 1.54) is 10.4 Å². The van der Waals surface area contributed by atoms with Gasteiger partial charge in [0.2, 0.25) is 5.91 Å². The number of thiophene rings is 1.